The van der Waals surface area contributed by atoms with Crippen molar-refractivity contribution in [1.29, 1.82) is 0 Å². The first-order valence-corrected chi connectivity index (χ1v) is 4.41. The van der Waals surface area contributed by atoms with Crippen molar-refractivity contribution >= 4 is 0 Å². The minimum absolute atomic E-state index is 0.292. The molecule has 0 atom stereocenters. The van der Waals surface area contributed by atoms with Crippen LogP contribution in [0.25, 0.3) is 0 Å². The maximum Gasteiger partial charge on any atom is 0.142 e. The molecule has 1 fully saturated rings. The summed E-state index contributed by atoms with van der Waals surface area (Å²) in [5.74, 6) is 1.03. The van der Waals surface area contributed by atoms with Crippen molar-refractivity contribution in [1.82, 2.24) is 5.16 Å². The maximum atomic E-state index is 5.41. The van der Waals surface area contributed by atoms with Crippen molar-refractivity contribution in [3.8, 4) is 0 Å². The summed E-state index contributed by atoms with van der Waals surface area (Å²) in [5.41, 5.74) is 6.69. The van der Waals surface area contributed by atoms with Crippen molar-refractivity contribution in [2.45, 2.75) is 31.6 Å². The molecule has 1 saturated carbocycles. The number of rotatable bonds is 3. The van der Waals surface area contributed by atoms with Gasteiger partial charge in [0.15, 0.2) is 0 Å². The lowest BCUT2D eigenvalue weighted by Gasteiger charge is -1.98. The van der Waals surface area contributed by atoms with Crippen LogP contribution in [0, 0.1) is 0 Å². The van der Waals surface area contributed by atoms with Crippen molar-refractivity contribution < 1.29 is 4.52 Å². The highest BCUT2D eigenvalue weighted by atomic mass is 16.5. The number of nitrogens with zero attached hydrogens (tertiary/aromatic N) is 1. The largest absolute Gasteiger partial charge is 0.361 e. The van der Waals surface area contributed by atoms with Gasteiger partial charge in [-0.25, -0.2) is 0 Å². The average Bonchev–Trinajstić information content (AvgIpc) is 2.64. The van der Waals surface area contributed by atoms with Gasteiger partial charge in [-0.3, -0.25) is 0 Å². The van der Waals surface area contributed by atoms with Crippen LogP contribution in [0.15, 0.2) is 10.6 Å². The second-order valence-electron chi connectivity index (χ2n) is 3.78. The minimum atomic E-state index is 0.292. The summed E-state index contributed by atoms with van der Waals surface area (Å²) < 4.78 is 5.24. The summed E-state index contributed by atoms with van der Waals surface area (Å²) in [7, 11) is 0. The fraction of sp³-hybridized carbons (Fsp3) is 0.667. The monoisotopic (exact) mass is 166 g/mol. The van der Waals surface area contributed by atoms with Crippen LogP contribution >= 0.6 is 0 Å². The van der Waals surface area contributed by atoms with Gasteiger partial charge in [0.2, 0.25) is 0 Å². The lowest BCUT2D eigenvalue weighted by Crippen LogP contribution is -2.02. The fourth-order valence-corrected chi connectivity index (χ4v) is 1.30. The molecule has 1 aromatic rings. The van der Waals surface area contributed by atoms with E-state index in [1.807, 2.05) is 6.07 Å². The van der Waals surface area contributed by atoms with E-state index in [4.69, 9.17) is 10.3 Å². The standard InChI is InChI=1S/C9H14N2O/c1-9(3-4-9)8-6-7(2-5-10)11-12-8/h6H,2-5,10H2,1H3. The van der Waals surface area contributed by atoms with Crippen molar-refractivity contribution in [3.05, 3.63) is 17.5 Å². The molecule has 66 valence electrons. The Bertz CT molecular complexity index is 276. The Morgan fingerprint density at radius 3 is 3.00 bits per heavy atom. The lowest BCUT2D eigenvalue weighted by atomic mass is 10.1. The molecule has 1 heterocycles. The van der Waals surface area contributed by atoms with Gasteiger partial charge in [0.1, 0.15) is 5.76 Å². The zero-order valence-corrected chi connectivity index (χ0v) is 7.34. The zero-order valence-electron chi connectivity index (χ0n) is 7.34. The molecule has 0 amide bonds. The van der Waals surface area contributed by atoms with Crippen LogP contribution < -0.4 is 5.73 Å². The Balaban J connectivity index is 2.13. The molecule has 3 heteroatoms. The van der Waals surface area contributed by atoms with Gasteiger partial charge in [-0.1, -0.05) is 12.1 Å². The molecule has 0 aliphatic heterocycles. The fourth-order valence-electron chi connectivity index (χ4n) is 1.30. The predicted molar refractivity (Wildman–Crippen MR) is 45.8 cm³/mol. The molecule has 0 unspecified atom stereocenters. The van der Waals surface area contributed by atoms with E-state index in [2.05, 4.69) is 12.1 Å². The van der Waals surface area contributed by atoms with Crippen LogP contribution in [-0.2, 0) is 11.8 Å². The molecule has 1 aromatic heterocycles. The summed E-state index contributed by atoms with van der Waals surface area (Å²) in [6, 6.07) is 2.04. The van der Waals surface area contributed by atoms with Gasteiger partial charge in [0.05, 0.1) is 5.69 Å². The molecular formula is C9H14N2O. The summed E-state index contributed by atoms with van der Waals surface area (Å²) in [5, 5.41) is 3.96. The topological polar surface area (TPSA) is 52.0 Å². The number of hydrogen-bond donors (Lipinski definition) is 1. The van der Waals surface area contributed by atoms with E-state index in [-0.39, 0.29) is 0 Å². The van der Waals surface area contributed by atoms with Crippen molar-refractivity contribution in [2.75, 3.05) is 6.54 Å². The van der Waals surface area contributed by atoms with E-state index in [0.29, 0.717) is 12.0 Å². The first kappa shape index (κ1) is 7.80. The summed E-state index contributed by atoms with van der Waals surface area (Å²) in [6.45, 7) is 2.85. The Labute approximate surface area is 71.9 Å². The van der Waals surface area contributed by atoms with Crippen molar-refractivity contribution in [2.24, 2.45) is 5.73 Å². The van der Waals surface area contributed by atoms with Crippen molar-refractivity contribution in [3.63, 3.8) is 0 Å². The molecule has 2 N–H and O–H groups in total. The van der Waals surface area contributed by atoms with E-state index >= 15 is 0 Å². The van der Waals surface area contributed by atoms with E-state index in [9.17, 15) is 0 Å². The molecule has 2 rings (SSSR count). The molecule has 0 aromatic carbocycles. The molecule has 0 radical (unpaired) electrons. The Kier molecular flexibility index (Phi) is 1.68. The number of hydrogen-bond acceptors (Lipinski definition) is 3. The average molecular weight is 166 g/mol. The first-order valence-electron chi connectivity index (χ1n) is 4.41. The van der Waals surface area contributed by atoms with E-state index in [1.165, 1.54) is 12.8 Å². The van der Waals surface area contributed by atoms with Gasteiger partial charge >= 0.3 is 0 Å². The summed E-state index contributed by atoms with van der Waals surface area (Å²) in [6.07, 6.45) is 3.27. The molecular weight excluding hydrogens is 152 g/mol. The Morgan fingerprint density at radius 1 is 1.67 bits per heavy atom. The van der Waals surface area contributed by atoms with Gasteiger partial charge in [-0.2, -0.15) is 0 Å². The first-order chi connectivity index (χ1) is 5.74. The lowest BCUT2D eigenvalue weighted by molar-refractivity contribution is 0.355. The highest BCUT2D eigenvalue weighted by Crippen LogP contribution is 2.47. The highest BCUT2D eigenvalue weighted by Gasteiger charge is 2.42. The van der Waals surface area contributed by atoms with Crippen LogP contribution in [-0.4, -0.2) is 11.7 Å². The molecule has 0 saturated heterocycles. The van der Waals surface area contributed by atoms with Crippen LogP contribution in [0.3, 0.4) is 0 Å². The van der Waals surface area contributed by atoms with Crippen LogP contribution in [0.1, 0.15) is 31.2 Å². The second-order valence-corrected chi connectivity index (χ2v) is 3.78. The Hall–Kier alpha value is -0.830. The summed E-state index contributed by atoms with van der Waals surface area (Å²) >= 11 is 0. The van der Waals surface area contributed by atoms with Gasteiger partial charge in [0, 0.05) is 17.9 Å². The van der Waals surface area contributed by atoms with Gasteiger partial charge in [0.25, 0.3) is 0 Å². The van der Waals surface area contributed by atoms with E-state index in [0.717, 1.165) is 17.9 Å². The normalized spacial score (nSPS) is 19.5. The molecule has 0 spiro atoms. The van der Waals surface area contributed by atoms with E-state index < -0.39 is 0 Å². The quantitative estimate of drug-likeness (QED) is 0.734. The minimum Gasteiger partial charge on any atom is -0.361 e. The highest BCUT2D eigenvalue weighted by molar-refractivity contribution is 5.21. The molecule has 3 nitrogen and oxygen atoms in total. The molecule has 1 aliphatic carbocycles. The summed E-state index contributed by atoms with van der Waals surface area (Å²) in [4.78, 5) is 0. The van der Waals surface area contributed by atoms with Gasteiger partial charge < -0.3 is 10.3 Å². The third-order valence-corrected chi connectivity index (χ3v) is 2.55. The molecule has 0 bridgehead atoms. The Morgan fingerprint density at radius 2 is 2.42 bits per heavy atom. The zero-order chi connectivity index (χ0) is 8.60. The predicted octanol–water partition coefficient (Wildman–Crippen LogP) is 1.23. The second kappa shape index (κ2) is 2.59. The maximum absolute atomic E-state index is 5.41. The number of nitrogens with two attached hydrogens (primary N) is 1. The van der Waals surface area contributed by atoms with Gasteiger partial charge in [-0.15, -0.1) is 0 Å². The third-order valence-electron chi connectivity index (χ3n) is 2.55. The van der Waals surface area contributed by atoms with Crippen LogP contribution in [0.4, 0.5) is 0 Å². The molecule has 1 aliphatic rings. The number of aromatic nitrogens is 1. The van der Waals surface area contributed by atoms with Crippen LogP contribution in [0.5, 0.6) is 0 Å². The smallest absolute Gasteiger partial charge is 0.142 e. The third kappa shape index (κ3) is 1.25. The van der Waals surface area contributed by atoms with Gasteiger partial charge in [-0.05, 0) is 19.4 Å². The van der Waals surface area contributed by atoms with E-state index in [1.54, 1.807) is 0 Å². The molecule has 12 heavy (non-hydrogen) atoms. The van der Waals surface area contributed by atoms with Crippen LogP contribution in [0.2, 0.25) is 0 Å². The SMILES string of the molecule is CC1(c2cc(CCN)no2)CC1.